The Morgan fingerprint density at radius 2 is 2.24 bits per heavy atom. The van der Waals surface area contributed by atoms with Gasteiger partial charge >= 0.3 is 0 Å². The van der Waals surface area contributed by atoms with Crippen LogP contribution in [-0.2, 0) is 6.42 Å². The first-order chi connectivity index (χ1) is 10.1. The summed E-state index contributed by atoms with van der Waals surface area (Å²) in [5.41, 5.74) is 1.37. The van der Waals surface area contributed by atoms with Gasteiger partial charge in [-0.1, -0.05) is 13.8 Å². The number of aromatic amines is 1. The largest absolute Gasteiger partial charge is 0.396 e. The molecule has 0 saturated heterocycles. The van der Waals surface area contributed by atoms with E-state index in [2.05, 4.69) is 20.3 Å². The van der Waals surface area contributed by atoms with E-state index in [0.717, 1.165) is 17.1 Å². The molecule has 0 fully saturated rings. The molecule has 6 nitrogen and oxygen atoms in total. The number of H-pyrrole nitrogens is 1. The summed E-state index contributed by atoms with van der Waals surface area (Å²) in [5, 5.41) is 12.1. The number of aliphatic hydroxyl groups is 1. The van der Waals surface area contributed by atoms with E-state index in [1.54, 1.807) is 6.20 Å². The Labute approximate surface area is 123 Å². The van der Waals surface area contributed by atoms with Gasteiger partial charge in [0.15, 0.2) is 0 Å². The van der Waals surface area contributed by atoms with E-state index in [0.29, 0.717) is 18.8 Å². The first-order valence-electron chi connectivity index (χ1n) is 7.03. The Morgan fingerprint density at radius 1 is 1.43 bits per heavy atom. The number of aliphatic hydroxyl groups excluding tert-OH is 1. The van der Waals surface area contributed by atoms with Crippen molar-refractivity contribution in [1.29, 1.82) is 0 Å². The van der Waals surface area contributed by atoms with Gasteiger partial charge in [0.25, 0.3) is 5.56 Å². The molecule has 112 valence electrons. The first kappa shape index (κ1) is 15.2. The quantitative estimate of drug-likeness (QED) is 0.748. The van der Waals surface area contributed by atoms with Crippen LogP contribution < -0.4 is 10.9 Å². The average Bonchev–Trinajstić information content (AvgIpc) is 2.52. The summed E-state index contributed by atoms with van der Waals surface area (Å²) in [6.45, 7) is 4.70. The van der Waals surface area contributed by atoms with Crippen molar-refractivity contribution in [1.82, 2.24) is 15.0 Å². The molecule has 3 N–H and O–H groups in total. The summed E-state index contributed by atoms with van der Waals surface area (Å²) < 4.78 is 0. The van der Waals surface area contributed by atoms with E-state index in [1.807, 2.05) is 26.0 Å². The molecule has 1 unspecified atom stereocenters. The Bertz CT molecular complexity index is 637. The Balaban J connectivity index is 2.15. The number of hydrogen-bond acceptors (Lipinski definition) is 5. The topological polar surface area (TPSA) is 90.9 Å². The number of anilines is 1. The molecule has 0 aliphatic heterocycles. The molecule has 21 heavy (non-hydrogen) atoms. The van der Waals surface area contributed by atoms with Crippen LogP contribution in [0.4, 0.5) is 5.82 Å². The number of pyridine rings is 1. The number of nitrogens with one attached hydrogen (secondary N) is 2. The lowest BCUT2D eigenvalue weighted by atomic mass is 10.2. The Morgan fingerprint density at radius 3 is 2.86 bits per heavy atom. The molecule has 0 bridgehead atoms. The van der Waals surface area contributed by atoms with Crippen molar-refractivity contribution in [2.45, 2.75) is 20.3 Å². The van der Waals surface area contributed by atoms with Gasteiger partial charge in [0.2, 0.25) is 0 Å². The van der Waals surface area contributed by atoms with Crippen LogP contribution in [0.1, 0.15) is 19.5 Å². The molecule has 0 radical (unpaired) electrons. The van der Waals surface area contributed by atoms with Crippen LogP contribution in [0.3, 0.4) is 0 Å². The lowest BCUT2D eigenvalue weighted by molar-refractivity contribution is 0.244. The van der Waals surface area contributed by atoms with E-state index in [9.17, 15) is 4.79 Å². The molecule has 0 spiro atoms. The SMILES string of the molecule is CCc1cc(=O)[nH]c(-c2ccc(NCC(C)CO)nc2)n1. The smallest absolute Gasteiger partial charge is 0.251 e. The Kier molecular flexibility index (Phi) is 5.05. The lowest BCUT2D eigenvalue weighted by Gasteiger charge is -2.10. The third-order valence-electron chi connectivity index (χ3n) is 3.14. The summed E-state index contributed by atoms with van der Waals surface area (Å²) in [6.07, 6.45) is 2.38. The zero-order valence-electron chi connectivity index (χ0n) is 12.3. The zero-order chi connectivity index (χ0) is 15.2. The molecule has 0 saturated carbocycles. The van der Waals surface area contributed by atoms with Crippen LogP contribution in [0.2, 0.25) is 0 Å². The number of aromatic nitrogens is 3. The fourth-order valence-electron chi connectivity index (χ4n) is 1.81. The first-order valence-corrected chi connectivity index (χ1v) is 7.03. The van der Waals surface area contributed by atoms with Gasteiger partial charge < -0.3 is 15.4 Å². The van der Waals surface area contributed by atoms with Crippen molar-refractivity contribution < 1.29 is 5.11 Å². The highest BCUT2D eigenvalue weighted by molar-refractivity contribution is 5.55. The van der Waals surface area contributed by atoms with Gasteiger partial charge in [-0.05, 0) is 24.5 Å². The minimum absolute atomic E-state index is 0.139. The maximum absolute atomic E-state index is 11.6. The molecule has 0 aromatic carbocycles. The second-order valence-corrected chi connectivity index (χ2v) is 5.04. The van der Waals surface area contributed by atoms with Gasteiger partial charge in [-0.25, -0.2) is 9.97 Å². The summed E-state index contributed by atoms with van der Waals surface area (Å²) >= 11 is 0. The Hall–Kier alpha value is -2.21. The van der Waals surface area contributed by atoms with E-state index >= 15 is 0 Å². The standard InChI is InChI=1S/C15H20N4O2/c1-3-12-6-14(21)19-15(18-12)11-4-5-13(17-8-11)16-7-10(2)9-20/h4-6,8,10,20H,3,7,9H2,1-2H3,(H,16,17)(H,18,19,21). The molecular formula is C15H20N4O2. The maximum atomic E-state index is 11.6. The van der Waals surface area contributed by atoms with E-state index in [4.69, 9.17) is 5.11 Å². The highest BCUT2D eigenvalue weighted by Gasteiger charge is 2.05. The molecule has 2 aromatic rings. The van der Waals surface area contributed by atoms with Crippen LogP contribution in [0, 0.1) is 5.92 Å². The number of rotatable bonds is 6. The number of hydrogen-bond donors (Lipinski definition) is 3. The van der Waals surface area contributed by atoms with E-state index in [-0.39, 0.29) is 18.1 Å². The van der Waals surface area contributed by atoms with Crippen LogP contribution in [-0.4, -0.2) is 33.2 Å². The second kappa shape index (κ2) is 6.99. The fourth-order valence-corrected chi connectivity index (χ4v) is 1.81. The van der Waals surface area contributed by atoms with Crippen LogP contribution in [0.15, 0.2) is 29.2 Å². The van der Waals surface area contributed by atoms with Crippen molar-refractivity contribution in [3.05, 3.63) is 40.4 Å². The summed E-state index contributed by atoms with van der Waals surface area (Å²) in [7, 11) is 0. The summed E-state index contributed by atoms with van der Waals surface area (Å²) in [5.74, 6) is 1.43. The minimum atomic E-state index is -0.157. The average molecular weight is 288 g/mol. The molecule has 2 rings (SSSR count). The van der Waals surface area contributed by atoms with E-state index < -0.39 is 0 Å². The highest BCUT2D eigenvalue weighted by atomic mass is 16.3. The van der Waals surface area contributed by atoms with Crippen LogP contribution in [0.5, 0.6) is 0 Å². The number of nitrogens with zero attached hydrogens (tertiary/aromatic N) is 2. The molecule has 0 aliphatic rings. The summed E-state index contributed by atoms with van der Waals surface area (Å²) in [6, 6.07) is 5.19. The lowest BCUT2D eigenvalue weighted by Crippen LogP contribution is -2.15. The van der Waals surface area contributed by atoms with Crippen LogP contribution >= 0.6 is 0 Å². The van der Waals surface area contributed by atoms with Gasteiger partial charge in [-0.2, -0.15) is 0 Å². The monoisotopic (exact) mass is 288 g/mol. The molecule has 1 atom stereocenters. The van der Waals surface area contributed by atoms with Gasteiger partial charge in [-0.3, -0.25) is 4.79 Å². The molecule has 0 aliphatic carbocycles. The summed E-state index contributed by atoms with van der Waals surface area (Å²) in [4.78, 5) is 23.0. The van der Waals surface area contributed by atoms with Gasteiger partial charge in [0.1, 0.15) is 11.6 Å². The molecular weight excluding hydrogens is 268 g/mol. The normalized spacial score (nSPS) is 12.1. The van der Waals surface area contributed by atoms with Crippen molar-refractivity contribution in [3.8, 4) is 11.4 Å². The van der Waals surface area contributed by atoms with Crippen molar-refractivity contribution in [3.63, 3.8) is 0 Å². The van der Waals surface area contributed by atoms with Crippen molar-refractivity contribution >= 4 is 5.82 Å². The predicted molar refractivity (Wildman–Crippen MR) is 82.2 cm³/mol. The molecule has 0 amide bonds. The zero-order valence-corrected chi connectivity index (χ0v) is 12.3. The highest BCUT2D eigenvalue weighted by Crippen LogP contribution is 2.15. The second-order valence-electron chi connectivity index (χ2n) is 5.04. The van der Waals surface area contributed by atoms with Crippen molar-refractivity contribution in [2.75, 3.05) is 18.5 Å². The van der Waals surface area contributed by atoms with Gasteiger partial charge in [-0.15, -0.1) is 0 Å². The number of aryl methyl sites for hydroxylation is 1. The third-order valence-corrected chi connectivity index (χ3v) is 3.14. The predicted octanol–water partition coefficient (Wildman–Crippen LogP) is 1.43. The van der Waals surface area contributed by atoms with Gasteiger partial charge in [0, 0.05) is 36.7 Å². The van der Waals surface area contributed by atoms with Crippen molar-refractivity contribution in [2.24, 2.45) is 5.92 Å². The molecule has 6 heteroatoms. The van der Waals surface area contributed by atoms with Gasteiger partial charge in [0.05, 0.1) is 0 Å². The van der Waals surface area contributed by atoms with Crippen LogP contribution in [0.25, 0.3) is 11.4 Å². The van der Waals surface area contributed by atoms with E-state index in [1.165, 1.54) is 6.07 Å². The molecule has 2 aromatic heterocycles. The minimum Gasteiger partial charge on any atom is -0.396 e. The maximum Gasteiger partial charge on any atom is 0.251 e. The molecule has 2 heterocycles. The fraction of sp³-hybridized carbons (Fsp3) is 0.400. The third kappa shape index (κ3) is 4.13.